The highest BCUT2D eigenvalue weighted by molar-refractivity contribution is 6.11. The van der Waals surface area contributed by atoms with Crippen LogP contribution < -0.4 is 14.2 Å². The molecule has 1 N–H and O–H groups in total. The van der Waals surface area contributed by atoms with Crippen molar-refractivity contribution in [2.45, 2.75) is 19.4 Å². The summed E-state index contributed by atoms with van der Waals surface area (Å²) in [4.78, 5) is 12.9. The molecule has 0 amide bonds. The summed E-state index contributed by atoms with van der Waals surface area (Å²) in [7, 11) is 3.02. The lowest BCUT2D eigenvalue weighted by Crippen LogP contribution is -2.27. The standard InChI is InChI=1S/C22H22O5/c1-22(2)12-11-16-18(27-22)13-19(25-3)20(21(16)26-4)17(24)10-7-14-5-8-15(23)9-6-14/h5-13,23H,1-4H3/b10-7+. The van der Waals surface area contributed by atoms with E-state index in [2.05, 4.69) is 0 Å². The number of carbonyl (C=O) groups excluding carboxylic acids is 1. The van der Waals surface area contributed by atoms with E-state index in [1.165, 1.54) is 20.3 Å². The molecule has 0 radical (unpaired) electrons. The molecular formula is C22H22O5. The number of benzene rings is 2. The molecule has 5 heteroatoms. The van der Waals surface area contributed by atoms with Gasteiger partial charge in [0.05, 0.1) is 19.8 Å². The molecule has 5 nitrogen and oxygen atoms in total. The van der Waals surface area contributed by atoms with Gasteiger partial charge in [0.1, 0.15) is 34.2 Å². The first kappa shape index (κ1) is 18.6. The second-order valence-electron chi connectivity index (χ2n) is 6.73. The van der Waals surface area contributed by atoms with Crippen molar-refractivity contribution >= 4 is 17.9 Å². The maximum Gasteiger partial charge on any atom is 0.193 e. The SMILES string of the molecule is COc1cc2c(c(OC)c1C(=O)/C=C/c1ccc(O)cc1)C=CC(C)(C)O2. The highest BCUT2D eigenvalue weighted by atomic mass is 16.5. The molecule has 0 bridgehead atoms. The van der Waals surface area contributed by atoms with Gasteiger partial charge in [-0.1, -0.05) is 18.2 Å². The number of phenolic OH excluding ortho intramolecular Hbond substituents is 1. The summed E-state index contributed by atoms with van der Waals surface area (Å²) in [5.41, 5.74) is 1.38. The Morgan fingerprint density at radius 2 is 1.85 bits per heavy atom. The number of rotatable bonds is 5. The smallest absolute Gasteiger partial charge is 0.193 e. The Hall–Kier alpha value is -3.21. The normalized spacial score (nSPS) is 14.5. The van der Waals surface area contributed by atoms with Gasteiger partial charge < -0.3 is 19.3 Å². The average molecular weight is 366 g/mol. The van der Waals surface area contributed by atoms with Crippen LogP contribution in [0.4, 0.5) is 0 Å². The third-order valence-electron chi connectivity index (χ3n) is 4.26. The van der Waals surface area contributed by atoms with E-state index in [0.29, 0.717) is 28.4 Å². The molecule has 0 fully saturated rings. The van der Waals surface area contributed by atoms with E-state index < -0.39 is 5.60 Å². The first-order chi connectivity index (χ1) is 12.8. The van der Waals surface area contributed by atoms with E-state index in [4.69, 9.17) is 14.2 Å². The van der Waals surface area contributed by atoms with Crippen molar-refractivity contribution in [1.82, 2.24) is 0 Å². The van der Waals surface area contributed by atoms with Gasteiger partial charge in [0.15, 0.2) is 5.78 Å². The molecule has 3 rings (SSSR count). The third kappa shape index (κ3) is 3.82. The second-order valence-corrected chi connectivity index (χ2v) is 6.73. The number of allylic oxidation sites excluding steroid dienone is 1. The van der Waals surface area contributed by atoms with Gasteiger partial charge in [-0.2, -0.15) is 0 Å². The van der Waals surface area contributed by atoms with Gasteiger partial charge >= 0.3 is 0 Å². The Bertz CT molecular complexity index is 921. The number of fused-ring (bicyclic) bond motifs is 1. The number of hydrogen-bond acceptors (Lipinski definition) is 5. The summed E-state index contributed by atoms with van der Waals surface area (Å²) < 4.78 is 17.0. The minimum Gasteiger partial charge on any atom is -0.508 e. The molecule has 0 atom stereocenters. The van der Waals surface area contributed by atoms with E-state index >= 15 is 0 Å². The minimum absolute atomic E-state index is 0.172. The summed E-state index contributed by atoms with van der Waals surface area (Å²) in [6, 6.07) is 8.28. The molecule has 0 spiro atoms. The summed E-state index contributed by atoms with van der Waals surface area (Å²) in [5.74, 6) is 1.33. The zero-order valence-corrected chi connectivity index (χ0v) is 15.8. The van der Waals surface area contributed by atoms with Gasteiger partial charge in [0.2, 0.25) is 0 Å². The molecule has 1 aliphatic heterocycles. The number of methoxy groups -OCH3 is 2. The molecule has 1 aliphatic rings. The average Bonchev–Trinajstić information content (AvgIpc) is 2.64. The summed E-state index contributed by atoms with van der Waals surface area (Å²) in [5, 5.41) is 9.36. The van der Waals surface area contributed by atoms with E-state index in [-0.39, 0.29) is 11.5 Å². The Kier molecular flexibility index (Phi) is 4.95. The van der Waals surface area contributed by atoms with Crippen LogP contribution in [0.25, 0.3) is 12.2 Å². The topological polar surface area (TPSA) is 65.0 Å². The highest BCUT2D eigenvalue weighted by Crippen LogP contribution is 2.44. The van der Waals surface area contributed by atoms with Crippen molar-refractivity contribution in [3.05, 3.63) is 59.2 Å². The van der Waals surface area contributed by atoms with Crippen LogP contribution in [-0.4, -0.2) is 30.7 Å². The lowest BCUT2D eigenvalue weighted by Gasteiger charge is -2.29. The van der Waals surface area contributed by atoms with Crippen molar-refractivity contribution in [3.8, 4) is 23.0 Å². The number of ether oxygens (including phenoxy) is 3. The molecule has 140 valence electrons. The van der Waals surface area contributed by atoms with E-state index in [1.54, 1.807) is 36.4 Å². The monoisotopic (exact) mass is 366 g/mol. The highest BCUT2D eigenvalue weighted by Gasteiger charge is 2.29. The molecule has 27 heavy (non-hydrogen) atoms. The number of aromatic hydroxyl groups is 1. The lowest BCUT2D eigenvalue weighted by molar-refractivity contribution is 0.104. The largest absolute Gasteiger partial charge is 0.508 e. The Labute approximate surface area is 158 Å². The molecule has 0 unspecified atom stereocenters. The van der Waals surface area contributed by atoms with Gasteiger partial charge in [-0.05, 0) is 49.8 Å². The molecule has 0 aromatic heterocycles. The van der Waals surface area contributed by atoms with Gasteiger partial charge in [0.25, 0.3) is 0 Å². The van der Waals surface area contributed by atoms with E-state index in [0.717, 1.165) is 5.56 Å². The number of phenols is 1. The fourth-order valence-electron chi connectivity index (χ4n) is 2.92. The minimum atomic E-state index is -0.451. The van der Waals surface area contributed by atoms with Crippen molar-refractivity contribution in [2.24, 2.45) is 0 Å². The maximum absolute atomic E-state index is 12.9. The van der Waals surface area contributed by atoms with Crippen LogP contribution in [0, 0.1) is 0 Å². The van der Waals surface area contributed by atoms with Crippen molar-refractivity contribution < 1.29 is 24.1 Å². The quantitative estimate of drug-likeness (QED) is 0.624. The van der Waals surface area contributed by atoms with Crippen LogP contribution in [0.15, 0.2) is 42.5 Å². The van der Waals surface area contributed by atoms with Crippen LogP contribution >= 0.6 is 0 Å². The van der Waals surface area contributed by atoms with Gasteiger partial charge in [-0.15, -0.1) is 0 Å². The van der Waals surface area contributed by atoms with Gasteiger partial charge in [0, 0.05) is 6.07 Å². The Balaban J connectivity index is 2.04. The third-order valence-corrected chi connectivity index (χ3v) is 4.26. The van der Waals surface area contributed by atoms with E-state index in [9.17, 15) is 9.90 Å². The predicted octanol–water partition coefficient (Wildman–Crippen LogP) is 4.49. The van der Waals surface area contributed by atoms with Crippen molar-refractivity contribution in [2.75, 3.05) is 14.2 Å². The zero-order valence-electron chi connectivity index (χ0n) is 15.8. The fraction of sp³-hybridized carbons (Fsp3) is 0.227. The number of hydrogen-bond donors (Lipinski definition) is 1. The first-order valence-electron chi connectivity index (χ1n) is 8.53. The molecule has 0 aliphatic carbocycles. The van der Waals surface area contributed by atoms with Crippen molar-refractivity contribution in [3.63, 3.8) is 0 Å². The number of carbonyl (C=O) groups is 1. The predicted molar refractivity (Wildman–Crippen MR) is 105 cm³/mol. The second kappa shape index (κ2) is 7.19. The van der Waals surface area contributed by atoms with Gasteiger partial charge in [-0.25, -0.2) is 0 Å². The van der Waals surface area contributed by atoms with Crippen molar-refractivity contribution in [1.29, 1.82) is 0 Å². The van der Waals surface area contributed by atoms with Crippen LogP contribution in [-0.2, 0) is 0 Å². The molecule has 2 aromatic carbocycles. The van der Waals surface area contributed by atoms with Crippen LogP contribution in [0.2, 0.25) is 0 Å². The molecule has 1 heterocycles. The maximum atomic E-state index is 12.9. The van der Waals surface area contributed by atoms with Crippen LogP contribution in [0.3, 0.4) is 0 Å². The van der Waals surface area contributed by atoms with Crippen LogP contribution in [0.1, 0.15) is 35.3 Å². The molecule has 2 aromatic rings. The summed E-state index contributed by atoms with van der Waals surface area (Å²) in [6.45, 7) is 3.90. The Morgan fingerprint density at radius 3 is 2.48 bits per heavy atom. The van der Waals surface area contributed by atoms with Crippen LogP contribution in [0.5, 0.6) is 23.0 Å². The molecule has 0 saturated carbocycles. The molecule has 0 saturated heterocycles. The number of ketones is 1. The van der Waals surface area contributed by atoms with E-state index in [1.807, 2.05) is 26.0 Å². The summed E-state index contributed by atoms with van der Waals surface area (Å²) in [6.07, 6.45) is 6.95. The summed E-state index contributed by atoms with van der Waals surface area (Å²) >= 11 is 0. The first-order valence-corrected chi connectivity index (χ1v) is 8.53. The fourth-order valence-corrected chi connectivity index (χ4v) is 2.92. The lowest BCUT2D eigenvalue weighted by atomic mass is 9.97. The zero-order chi connectivity index (χ0) is 19.6. The van der Waals surface area contributed by atoms with Gasteiger partial charge in [-0.3, -0.25) is 4.79 Å². The Morgan fingerprint density at radius 1 is 1.15 bits per heavy atom. The molecular weight excluding hydrogens is 344 g/mol.